The molecule has 0 bridgehead atoms. The Bertz CT molecular complexity index is 1630. The Kier molecular flexibility index (Phi) is 9.47. The van der Waals surface area contributed by atoms with Crippen LogP contribution >= 0.6 is 11.6 Å². The number of anilines is 2. The minimum atomic E-state index is -0.169. The zero-order valence-corrected chi connectivity index (χ0v) is 25.8. The molecule has 0 radical (unpaired) electrons. The van der Waals surface area contributed by atoms with Gasteiger partial charge >= 0.3 is 0 Å². The molecule has 2 aliphatic heterocycles. The van der Waals surface area contributed by atoms with Crippen LogP contribution in [0, 0.1) is 11.3 Å². The molecule has 4 aromatic rings. The van der Waals surface area contributed by atoms with Crippen molar-refractivity contribution in [1.82, 2.24) is 25.9 Å². The van der Waals surface area contributed by atoms with Crippen molar-refractivity contribution in [2.24, 2.45) is 0 Å². The van der Waals surface area contributed by atoms with Gasteiger partial charge in [0.15, 0.2) is 0 Å². The second-order valence-electron chi connectivity index (χ2n) is 11.4. The Morgan fingerprint density at radius 2 is 1.70 bits per heavy atom. The van der Waals surface area contributed by atoms with Crippen LogP contribution in [0.5, 0.6) is 0 Å². The van der Waals surface area contributed by atoms with E-state index >= 15 is 0 Å². The molecular weight excluding hydrogens is 568 g/mol. The molecule has 44 heavy (non-hydrogen) atoms. The van der Waals surface area contributed by atoms with E-state index in [4.69, 9.17) is 11.6 Å². The van der Waals surface area contributed by atoms with Crippen molar-refractivity contribution in [3.63, 3.8) is 0 Å². The topological polar surface area (TPSA) is 91.3 Å². The Labute approximate surface area is 264 Å². The molecule has 0 unspecified atom stereocenters. The summed E-state index contributed by atoms with van der Waals surface area (Å²) in [5.41, 5.74) is 12.7. The van der Waals surface area contributed by atoms with E-state index in [-0.39, 0.29) is 12.1 Å². The number of aromatic nitrogens is 1. The first-order valence-corrected chi connectivity index (χ1v) is 15.9. The molecule has 3 heterocycles. The fourth-order valence-corrected chi connectivity index (χ4v) is 6.39. The molecule has 8 nitrogen and oxygen atoms in total. The van der Waals surface area contributed by atoms with E-state index in [1.165, 1.54) is 25.9 Å². The molecule has 4 N–H and O–H groups in total. The molecule has 1 saturated heterocycles. The molecule has 0 saturated carbocycles. The van der Waals surface area contributed by atoms with E-state index in [2.05, 4.69) is 79.9 Å². The van der Waals surface area contributed by atoms with Gasteiger partial charge in [0.25, 0.3) is 0 Å². The molecule has 2 atom stereocenters. The maximum Gasteiger partial charge on any atom is 0.103 e. The molecule has 0 aliphatic carbocycles. The minimum absolute atomic E-state index is 0.0247. The largest absolute Gasteiger partial charge is 0.377 e. The number of hydrogen-bond acceptors (Lipinski definition) is 8. The fourth-order valence-electron chi connectivity index (χ4n) is 6.12. The van der Waals surface area contributed by atoms with Gasteiger partial charge in [0.2, 0.25) is 0 Å². The van der Waals surface area contributed by atoms with Gasteiger partial charge < -0.3 is 21.0 Å². The standard InChI is InChI=1S/C35H39ClN8/c1-2-31(25-12-5-3-6-13-25)40-33-27(22-37)23-38-35-29(33)20-28(21-30(35)36)39-34(26-14-7-4-8-15-26)32-24-44(42-41-32)19-11-18-43-16-9-10-17-43/h3-8,12-15,20-21,23-24,31,34,39,41-42H,2,9-11,16-19H2,1H3,(H,38,40)/t31-,34+/m1/s1. The summed E-state index contributed by atoms with van der Waals surface area (Å²) in [6.07, 6.45) is 8.31. The number of nitrogens with one attached hydrogen (secondary N) is 4. The molecule has 0 spiro atoms. The minimum Gasteiger partial charge on any atom is -0.377 e. The predicted octanol–water partition coefficient (Wildman–Crippen LogP) is 7.13. The number of likely N-dealkylation sites (tertiary alicyclic amines) is 1. The molecule has 0 amide bonds. The number of rotatable bonds is 12. The highest BCUT2D eigenvalue weighted by molar-refractivity contribution is 6.35. The van der Waals surface area contributed by atoms with Crippen LogP contribution in [-0.2, 0) is 0 Å². The van der Waals surface area contributed by atoms with E-state index in [9.17, 15) is 5.26 Å². The molecule has 9 heteroatoms. The number of benzene rings is 3. The van der Waals surface area contributed by atoms with Crippen molar-refractivity contribution in [3.05, 3.63) is 113 Å². The van der Waals surface area contributed by atoms with Crippen LogP contribution in [-0.4, -0.2) is 41.1 Å². The number of hydrogen-bond donors (Lipinski definition) is 4. The summed E-state index contributed by atoms with van der Waals surface area (Å²) < 4.78 is 0. The van der Waals surface area contributed by atoms with Crippen molar-refractivity contribution in [1.29, 1.82) is 5.26 Å². The van der Waals surface area contributed by atoms with Crippen molar-refractivity contribution >= 4 is 33.9 Å². The predicted molar refractivity (Wildman–Crippen MR) is 179 cm³/mol. The van der Waals surface area contributed by atoms with Gasteiger partial charge in [0, 0.05) is 30.0 Å². The number of halogens is 1. The maximum atomic E-state index is 10.0. The first kappa shape index (κ1) is 29.8. The van der Waals surface area contributed by atoms with Crippen molar-refractivity contribution in [2.75, 3.05) is 36.8 Å². The second-order valence-corrected chi connectivity index (χ2v) is 11.8. The highest BCUT2D eigenvalue weighted by atomic mass is 35.5. The number of nitriles is 1. The van der Waals surface area contributed by atoms with Gasteiger partial charge in [-0.3, -0.25) is 9.99 Å². The summed E-state index contributed by atoms with van der Waals surface area (Å²) in [7, 11) is 0. The van der Waals surface area contributed by atoms with Crippen LogP contribution in [0.4, 0.5) is 11.4 Å². The average Bonchev–Trinajstić information content (AvgIpc) is 3.76. The zero-order chi connectivity index (χ0) is 30.3. The zero-order valence-electron chi connectivity index (χ0n) is 25.1. The van der Waals surface area contributed by atoms with E-state index < -0.39 is 0 Å². The quantitative estimate of drug-likeness (QED) is 0.135. The third kappa shape index (κ3) is 6.76. The summed E-state index contributed by atoms with van der Waals surface area (Å²) in [6, 6.07) is 26.8. The SMILES string of the molecule is CC[C@@H](Nc1c(C#N)cnc2c(Cl)cc(N[C@H](C3=CN(CCCN4CCCC4)NN3)c3ccccc3)cc12)c1ccccc1. The fraction of sp³-hybridized carbons (Fsp3) is 0.314. The van der Waals surface area contributed by atoms with Crippen molar-refractivity contribution < 1.29 is 0 Å². The normalized spacial score (nSPS) is 16.3. The summed E-state index contributed by atoms with van der Waals surface area (Å²) in [5.74, 6) is 0. The summed E-state index contributed by atoms with van der Waals surface area (Å²) in [6.45, 7) is 6.60. The third-order valence-electron chi connectivity index (χ3n) is 8.44. The summed E-state index contributed by atoms with van der Waals surface area (Å²) in [5, 5.41) is 20.9. The molecule has 2 aliphatic rings. The average molecular weight is 607 g/mol. The Morgan fingerprint density at radius 3 is 2.41 bits per heavy atom. The lowest BCUT2D eigenvalue weighted by Gasteiger charge is -2.23. The van der Waals surface area contributed by atoms with E-state index in [1.54, 1.807) is 6.20 Å². The molecule has 6 rings (SSSR count). The monoisotopic (exact) mass is 606 g/mol. The lowest BCUT2D eigenvalue weighted by atomic mass is 10.0. The Balaban J connectivity index is 1.30. The first-order chi connectivity index (χ1) is 21.6. The van der Waals surface area contributed by atoms with Crippen LogP contribution in [0.1, 0.15) is 61.4 Å². The van der Waals surface area contributed by atoms with E-state index in [0.717, 1.165) is 59.5 Å². The van der Waals surface area contributed by atoms with E-state index in [0.29, 0.717) is 16.1 Å². The summed E-state index contributed by atoms with van der Waals surface area (Å²) >= 11 is 6.87. The molecule has 3 aromatic carbocycles. The third-order valence-corrected chi connectivity index (χ3v) is 8.73. The van der Waals surface area contributed by atoms with Gasteiger partial charge in [0.05, 0.1) is 39.6 Å². The van der Waals surface area contributed by atoms with Gasteiger partial charge in [-0.15, -0.1) is 5.53 Å². The summed E-state index contributed by atoms with van der Waals surface area (Å²) in [4.78, 5) is 7.12. The van der Waals surface area contributed by atoms with Gasteiger partial charge in [-0.2, -0.15) is 5.26 Å². The molecule has 1 aromatic heterocycles. The van der Waals surface area contributed by atoms with Crippen LogP contribution in [0.2, 0.25) is 5.02 Å². The van der Waals surface area contributed by atoms with Crippen LogP contribution in [0.15, 0.2) is 90.9 Å². The van der Waals surface area contributed by atoms with Crippen LogP contribution < -0.4 is 21.6 Å². The second kappa shape index (κ2) is 14.0. The molecule has 226 valence electrons. The van der Waals surface area contributed by atoms with Gasteiger partial charge in [-0.05, 0) is 68.6 Å². The van der Waals surface area contributed by atoms with Crippen molar-refractivity contribution in [3.8, 4) is 6.07 Å². The van der Waals surface area contributed by atoms with Gasteiger partial charge in [0.1, 0.15) is 6.07 Å². The number of hydrazine groups is 2. The van der Waals surface area contributed by atoms with Crippen LogP contribution in [0.25, 0.3) is 10.9 Å². The van der Waals surface area contributed by atoms with Gasteiger partial charge in [-0.1, -0.05) is 79.2 Å². The van der Waals surface area contributed by atoms with Crippen molar-refractivity contribution in [2.45, 2.75) is 44.7 Å². The smallest absolute Gasteiger partial charge is 0.103 e. The highest BCUT2D eigenvalue weighted by Crippen LogP contribution is 2.37. The highest BCUT2D eigenvalue weighted by Gasteiger charge is 2.24. The molecular formula is C35H39ClN8. The number of nitrogens with zero attached hydrogens (tertiary/aromatic N) is 4. The Hall–Kier alpha value is -4.29. The lowest BCUT2D eigenvalue weighted by molar-refractivity contribution is 0.243. The maximum absolute atomic E-state index is 10.0. The van der Waals surface area contributed by atoms with E-state index in [1.807, 2.05) is 48.5 Å². The first-order valence-electron chi connectivity index (χ1n) is 15.5. The molecule has 1 fully saturated rings. The number of fused-ring (bicyclic) bond motifs is 1. The van der Waals surface area contributed by atoms with Gasteiger partial charge in [-0.25, -0.2) is 0 Å². The Morgan fingerprint density at radius 1 is 0.977 bits per heavy atom. The van der Waals surface area contributed by atoms with Crippen LogP contribution in [0.3, 0.4) is 0 Å². The lowest BCUT2D eigenvalue weighted by Crippen LogP contribution is -2.38. The number of pyridine rings is 1.